The standard InChI is InChI=1S/C18H30/c1-4-15(3)18(12-7-6-8-13-18)17-11-9-10-16(5-2)14-17/h10,14-15H,4-9,11-13H2,1-3H3. The van der Waals surface area contributed by atoms with E-state index >= 15 is 0 Å². The fourth-order valence-electron chi connectivity index (χ4n) is 4.11. The predicted molar refractivity (Wildman–Crippen MR) is 80.7 cm³/mol. The molecule has 0 aromatic rings. The quantitative estimate of drug-likeness (QED) is 0.567. The molecular formula is C18H30. The molecule has 18 heavy (non-hydrogen) atoms. The van der Waals surface area contributed by atoms with Crippen molar-refractivity contribution in [2.75, 3.05) is 0 Å². The molecule has 0 bridgehead atoms. The first-order chi connectivity index (χ1) is 8.73. The van der Waals surface area contributed by atoms with E-state index in [1.165, 1.54) is 57.8 Å². The van der Waals surface area contributed by atoms with Crippen LogP contribution in [0.3, 0.4) is 0 Å². The lowest BCUT2D eigenvalue weighted by Crippen LogP contribution is -2.34. The Morgan fingerprint density at radius 2 is 1.89 bits per heavy atom. The van der Waals surface area contributed by atoms with Gasteiger partial charge in [-0.05, 0) is 43.4 Å². The highest BCUT2D eigenvalue weighted by Gasteiger charge is 2.39. The third-order valence-electron chi connectivity index (χ3n) is 5.53. The molecule has 0 aliphatic heterocycles. The van der Waals surface area contributed by atoms with Gasteiger partial charge in [-0.1, -0.05) is 69.8 Å². The Morgan fingerprint density at radius 1 is 1.17 bits per heavy atom. The Labute approximate surface area is 114 Å². The summed E-state index contributed by atoms with van der Waals surface area (Å²) in [5.74, 6) is 0.861. The average Bonchev–Trinajstić information content (AvgIpc) is 2.47. The number of allylic oxidation sites excluding steroid dienone is 4. The van der Waals surface area contributed by atoms with Crippen molar-refractivity contribution in [2.45, 2.75) is 78.6 Å². The molecule has 1 saturated carbocycles. The number of hydrogen-bond donors (Lipinski definition) is 0. The zero-order valence-corrected chi connectivity index (χ0v) is 12.6. The van der Waals surface area contributed by atoms with Crippen LogP contribution in [0.1, 0.15) is 78.6 Å². The SMILES string of the molecule is CCC1=CCCC(C2(C(C)CC)CCCCC2)=C1. The van der Waals surface area contributed by atoms with E-state index < -0.39 is 0 Å². The van der Waals surface area contributed by atoms with Crippen LogP contribution < -0.4 is 0 Å². The van der Waals surface area contributed by atoms with Gasteiger partial charge in [-0.2, -0.15) is 0 Å². The van der Waals surface area contributed by atoms with Crippen LogP contribution in [0.15, 0.2) is 23.3 Å². The van der Waals surface area contributed by atoms with Gasteiger partial charge in [0.05, 0.1) is 0 Å². The second-order valence-electron chi connectivity index (χ2n) is 6.37. The molecule has 1 unspecified atom stereocenters. The van der Waals surface area contributed by atoms with E-state index in [4.69, 9.17) is 0 Å². The molecule has 0 heterocycles. The van der Waals surface area contributed by atoms with Gasteiger partial charge < -0.3 is 0 Å². The Bertz CT molecular complexity index is 326. The minimum absolute atomic E-state index is 0.557. The van der Waals surface area contributed by atoms with Crippen LogP contribution in [0, 0.1) is 11.3 Å². The van der Waals surface area contributed by atoms with Crippen molar-refractivity contribution in [1.82, 2.24) is 0 Å². The number of rotatable bonds is 4. The van der Waals surface area contributed by atoms with E-state index in [0.29, 0.717) is 5.41 Å². The molecule has 0 amide bonds. The monoisotopic (exact) mass is 246 g/mol. The van der Waals surface area contributed by atoms with E-state index in [1.54, 1.807) is 11.1 Å². The summed E-state index contributed by atoms with van der Waals surface area (Å²) in [4.78, 5) is 0. The summed E-state index contributed by atoms with van der Waals surface area (Å²) in [5, 5.41) is 0. The van der Waals surface area contributed by atoms with E-state index in [2.05, 4.69) is 32.9 Å². The van der Waals surface area contributed by atoms with Crippen LogP contribution in [0.25, 0.3) is 0 Å². The summed E-state index contributed by atoms with van der Waals surface area (Å²) in [6.07, 6.45) is 17.4. The van der Waals surface area contributed by atoms with Gasteiger partial charge in [0, 0.05) is 0 Å². The molecule has 102 valence electrons. The van der Waals surface area contributed by atoms with Crippen LogP contribution >= 0.6 is 0 Å². The highest BCUT2D eigenvalue weighted by atomic mass is 14.4. The molecule has 1 atom stereocenters. The maximum absolute atomic E-state index is 2.57. The second-order valence-corrected chi connectivity index (χ2v) is 6.37. The smallest absolute Gasteiger partial charge is 0.00592 e. The van der Waals surface area contributed by atoms with Crippen molar-refractivity contribution < 1.29 is 0 Å². The highest BCUT2D eigenvalue weighted by molar-refractivity contribution is 5.32. The highest BCUT2D eigenvalue weighted by Crippen LogP contribution is 2.51. The molecule has 0 N–H and O–H groups in total. The maximum Gasteiger partial charge on any atom is -0.00592 e. The van der Waals surface area contributed by atoms with Crippen LogP contribution in [0.5, 0.6) is 0 Å². The molecule has 0 radical (unpaired) electrons. The average molecular weight is 246 g/mol. The minimum atomic E-state index is 0.557. The van der Waals surface area contributed by atoms with Gasteiger partial charge in [-0.15, -0.1) is 0 Å². The van der Waals surface area contributed by atoms with Crippen molar-refractivity contribution >= 4 is 0 Å². The Hall–Kier alpha value is -0.520. The maximum atomic E-state index is 2.57. The molecule has 0 nitrogen and oxygen atoms in total. The van der Waals surface area contributed by atoms with Crippen molar-refractivity contribution in [3.63, 3.8) is 0 Å². The van der Waals surface area contributed by atoms with Gasteiger partial charge in [0.25, 0.3) is 0 Å². The van der Waals surface area contributed by atoms with Crippen molar-refractivity contribution in [1.29, 1.82) is 0 Å². The molecule has 0 heteroatoms. The summed E-state index contributed by atoms with van der Waals surface area (Å²) in [7, 11) is 0. The van der Waals surface area contributed by atoms with Crippen LogP contribution in [0.4, 0.5) is 0 Å². The summed E-state index contributed by atoms with van der Waals surface area (Å²) >= 11 is 0. The largest absolute Gasteiger partial charge is 0.0810 e. The summed E-state index contributed by atoms with van der Waals surface area (Å²) in [5.41, 5.74) is 3.95. The third kappa shape index (κ3) is 2.58. The Kier molecular flexibility index (Phi) is 4.70. The topological polar surface area (TPSA) is 0 Å². The first-order valence-electron chi connectivity index (χ1n) is 8.13. The summed E-state index contributed by atoms with van der Waals surface area (Å²) in [6.45, 7) is 7.17. The fourth-order valence-corrected chi connectivity index (χ4v) is 4.11. The summed E-state index contributed by atoms with van der Waals surface area (Å²) < 4.78 is 0. The lowest BCUT2D eigenvalue weighted by atomic mass is 9.60. The molecule has 2 aliphatic rings. The van der Waals surface area contributed by atoms with E-state index in [-0.39, 0.29) is 0 Å². The zero-order valence-electron chi connectivity index (χ0n) is 12.6. The normalized spacial score (nSPS) is 25.3. The van der Waals surface area contributed by atoms with Crippen LogP contribution in [-0.2, 0) is 0 Å². The summed E-state index contributed by atoms with van der Waals surface area (Å²) in [6, 6.07) is 0. The van der Waals surface area contributed by atoms with Gasteiger partial charge in [0.2, 0.25) is 0 Å². The lowest BCUT2D eigenvalue weighted by molar-refractivity contribution is 0.143. The molecule has 0 saturated heterocycles. The van der Waals surface area contributed by atoms with Gasteiger partial charge in [-0.25, -0.2) is 0 Å². The number of hydrogen-bond acceptors (Lipinski definition) is 0. The molecular weight excluding hydrogens is 216 g/mol. The predicted octanol–water partition coefficient (Wildman–Crippen LogP) is 6.04. The lowest BCUT2D eigenvalue weighted by Gasteiger charge is -2.45. The molecule has 2 aliphatic carbocycles. The van der Waals surface area contributed by atoms with Gasteiger partial charge >= 0.3 is 0 Å². The van der Waals surface area contributed by atoms with Gasteiger partial charge in [0.1, 0.15) is 0 Å². The molecule has 2 rings (SSSR count). The van der Waals surface area contributed by atoms with E-state index in [1.807, 2.05) is 0 Å². The van der Waals surface area contributed by atoms with Crippen molar-refractivity contribution in [3.8, 4) is 0 Å². The zero-order chi connectivity index (χ0) is 13.0. The minimum Gasteiger partial charge on any atom is -0.0810 e. The fraction of sp³-hybridized carbons (Fsp3) is 0.778. The van der Waals surface area contributed by atoms with E-state index in [0.717, 1.165) is 5.92 Å². The molecule has 0 aromatic heterocycles. The molecule has 0 spiro atoms. The molecule has 0 aromatic carbocycles. The second kappa shape index (κ2) is 6.08. The first kappa shape index (κ1) is 13.9. The van der Waals surface area contributed by atoms with Gasteiger partial charge in [-0.3, -0.25) is 0 Å². The third-order valence-corrected chi connectivity index (χ3v) is 5.53. The Morgan fingerprint density at radius 3 is 2.50 bits per heavy atom. The molecule has 1 fully saturated rings. The Balaban J connectivity index is 2.29. The van der Waals surface area contributed by atoms with Crippen molar-refractivity contribution in [2.24, 2.45) is 11.3 Å². The first-order valence-corrected chi connectivity index (χ1v) is 8.13. The van der Waals surface area contributed by atoms with Gasteiger partial charge in [0.15, 0.2) is 0 Å². The van der Waals surface area contributed by atoms with E-state index in [9.17, 15) is 0 Å². The van der Waals surface area contributed by atoms with Crippen LogP contribution in [0.2, 0.25) is 0 Å². The van der Waals surface area contributed by atoms with Crippen molar-refractivity contribution in [3.05, 3.63) is 23.3 Å². The van der Waals surface area contributed by atoms with Crippen LogP contribution in [-0.4, -0.2) is 0 Å².